The Kier molecular flexibility index (Phi) is 7.30. The van der Waals surface area contributed by atoms with E-state index in [0.717, 1.165) is 6.42 Å². The van der Waals surface area contributed by atoms with Crippen molar-refractivity contribution in [3.05, 3.63) is 0 Å². The third-order valence-electron chi connectivity index (χ3n) is 3.76. The van der Waals surface area contributed by atoms with E-state index < -0.39 is 5.97 Å². The number of urea groups is 1. The monoisotopic (exact) mass is 270 g/mol. The second kappa shape index (κ2) is 8.77. The lowest BCUT2D eigenvalue weighted by atomic mass is 9.97. The molecule has 0 aromatic heterocycles. The Morgan fingerprint density at radius 2 is 2.05 bits per heavy atom. The van der Waals surface area contributed by atoms with Crippen LogP contribution in [0.25, 0.3) is 0 Å². The molecule has 5 nitrogen and oxygen atoms in total. The quantitative estimate of drug-likeness (QED) is 0.593. The molecule has 5 heteroatoms. The molecule has 110 valence electrons. The van der Waals surface area contributed by atoms with E-state index in [9.17, 15) is 9.59 Å². The second-order valence-corrected chi connectivity index (χ2v) is 5.34. The summed E-state index contributed by atoms with van der Waals surface area (Å²) in [5.41, 5.74) is 0. The first-order valence-electron chi connectivity index (χ1n) is 7.39. The number of rotatable bonds is 8. The third kappa shape index (κ3) is 6.45. The summed E-state index contributed by atoms with van der Waals surface area (Å²) < 4.78 is 0. The van der Waals surface area contributed by atoms with E-state index in [0.29, 0.717) is 24.9 Å². The van der Waals surface area contributed by atoms with Crippen LogP contribution in [0.2, 0.25) is 0 Å². The van der Waals surface area contributed by atoms with Crippen molar-refractivity contribution in [1.29, 1.82) is 0 Å². The summed E-state index contributed by atoms with van der Waals surface area (Å²) in [4.78, 5) is 22.0. The lowest BCUT2D eigenvalue weighted by molar-refractivity contribution is -0.137. The van der Waals surface area contributed by atoms with Gasteiger partial charge in [0.15, 0.2) is 0 Å². The largest absolute Gasteiger partial charge is 0.481 e. The summed E-state index contributed by atoms with van der Waals surface area (Å²) in [6, 6.07) is 0.143. The van der Waals surface area contributed by atoms with Gasteiger partial charge in [0, 0.05) is 19.0 Å². The van der Waals surface area contributed by atoms with Crippen LogP contribution in [-0.4, -0.2) is 29.7 Å². The Morgan fingerprint density at radius 3 is 2.74 bits per heavy atom. The number of hydrogen-bond acceptors (Lipinski definition) is 2. The fourth-order valence-corrected chi connectivity index (χ4v) is 2.70. The predicted molar refractivity (Wildman–Crippen MR) is 74.1 cm³/mol. The van der Waals surface area contributed by atoms with Crippen LogP contribution in [0.3, 0.4) is 0 Å². The van der Waals surface area contributed by atoms with Gasteiger partial charge in [0.2, 0.25) is 0 Å². The highest BCUT2D eigenvalue weighted by molar-refractivity contribution is 5.74. The maximum Gasteiger partial charge on any atom is 0.315 e. The molecule has 0 heterocycles. The zero-order valence-electron chi connectivity index (χ0n) is 11.8. The molecule has 1 aliphatic rings. The van der Waals surface area contributed by atoms with Crippen molar-refractivity contribution < 1.29 is 14.7 Å². The minimum atomic E-state index is -0.822. The van der Waals surface area contributed by atoms with E-state index in [1.807, 2.05) is 0 Å². The van der Waals surface area contributed by atoms with Crippen LogP contribution < -0.4 is 10.6 Å². The average Bonchev–Trinajstić information content (AvgIpc) is 2.79. The Morgan fingerprint density at radius 1 is 1.26 bits per heavy atom. The molecule has 0 aliphatic heterocycles. The SMILES string of the molecule is CCCCC1CCCC1NC(=O)NCCCC(=O)O. The molecule has 0 bridgehead atoms. The van der Waals surface area contributed by atoms with Crippen molar-refractivity contribution in [3.63, 3.8) is 0 Å². The number of hydrogen-bond donors (Lipinski definition) is 3. The number of aliphatic carboxylic acids is 1. The Balaban J connectivity index is 2.17. The number of carboxylic acids is 1. The lowest BCUT2D eigenvalue weighted by Gasteiger charge is -2.21. The highest BCUT2D eigenvalue weighted by Gasteiger charge is 2.27. The van der Waals surface area contributed by atoms with Gasteiger partial charge < -0.3 is 15.7 Å². The molecule has 1 saturated carbocycles. The van der Waals surface area contributed by atoms with Gasteiger partial charge in [-0.3, -0.25) is 4.79 Å². The topological polar surface area (TPSA) is 78.4 Å². The molecule has 19 heavy (non-hydrogen) atoms. The molecule has 2 unspecified atom stereocenters. The number of unbranched alkanes of at least 4 members (excludes halogenated alkanes) is 1. The van der Waals surface area contributed by atoms with E-state index in [2.05, 4.69) is 17.6 Å². The fourth-order valence-electron chi connectivity index (χ4n) is 2.70. The van der Waals surface area contributed by atoms with Gasteiger partial charge >= 0.3 is 12.0 Å². The van der Waals surface area contributed by atoms with E-state index in [1.165, 1.54) is 32.1 Å². The van der Waals surface area contributed by atoms with Crippen LogP contribution in [0.5, 0.6) is 0 Å². The molecular weight excluding hydrogens is 244 g/mol. The van der Waals surface area contributed by atoms with E-state index in [-0.39, 0.29) is 12.5 Å². The van der Waals surface area contributed by atoms with Crippen molar-refractivity contribution in [2.45, 2.75) is 64.3 Å². The van der Waals surface area contributed by atoms with Crippen LogP contribution in [0, 0.1) is 5.92 Å². The molecular formula is C14H26N2O3. The van der Waals surface area contributed by atoms with Crippen LogP contribution in [0.1, 0.15) is 58.3 Å². The van der Waals surface area contributed by atoms with Crippen molar-refractivity contribution in [2.24, 2.45) is 5.92 Å². The van der Waals surface area contributed by atoms with Crippen molar-refractivity contribution in [2.75, 3.05) is 6.54 Å². The second-order valence-electron chi connectivity index (χ2n) is 5.34. The lowest BCUT2D eigenvalue weighted by Crippen LogP contribution is -2.44. The average molecular weight is 270 g/mol. The van der Waals surface area contributed by atoms with Gasteiger partial charge in [-0.05, 0) is 31.6 Å². The first kappa shape index (κ1) is 15.8. The first-order chi connectivity index (χ1) is 9.13. The third-order valence-corrected chi connectivity index (χ3v) is 3.76. The summed E-state index contributed by atoms with van der Waals surface area (Å²) >= 11 is 0. The zero-order chi connectivity index (χ0) is 14.1. The Bertz CT molecular complexity index is 294. The maximum atomic E-state index is 11.7. The van der Waals surface area contributed by atoms with Gasteiger partial charge in [-0.25, -0.2) is 4.79 Å². The number of nitrogens with one attached hydrogen (secondary N) is 2. The van der Waals surface area contributed by atoms with Gasteiger partial charge in [-0.1, -0.05) is 26.2 Å². The first-order valence-corrected chi connectivity index (χ1v) is 7.39. The fraction of sp³-hybridized carbons (Fsp3) is 0.857. The number of amides is 2. The smallest absolute Gasteiger partial charge is 0.315 e. The van der Waals surface area contributed by atoms with E-state index in [4.69, 9.17) is 5.11 Å². The summed E-state index contributed by atoms with van der Waals surface area (Å²) in [6.45, 7) is 2.61. The van der Waals surface area contributed by atoms with E-state index >= 15 is 0 Å². The summed E-state index contributed by atoms with van der Waals surface area (Å²) in [6.07, 6.45) is 7.67. The molecule has 0 radical (unpaired) electrons. The van der Waals surface area contributed by atoms with Crippen molar-refractivity contribution in [1.82, 2.24) is 10.6 Å². The van der Waals surface area contributed by atoms with Crippen molar-refractivity contribution >= 4 is 12.0 Å². The number of carbonyl (C=O) groups excluding carboxylic acids is 1. The van der Waals surface area contributed by atoms with Crippen LogP contribution >= 0.6 is 0 Å². The molecule has 2 atom stereocenters. The molecule has 3 N–H and O–H groups in total. The zero-order valence-corrected chi connectivity index (χ0v) is 11.8. The highest BCUT2D eigenvalue weighted by Crippen LogP contribution is 2.29. The molecule has 0 saturated heterocycles. The summed E-state index contributed by atoms with van der Waals surface area (Å²) in [5, 5.41) is 14.3. The van der Waals surface area contributed by atoms with Gasteiger partial charge in [-0.15, -0.1) is 0 Å². The standard InChI is InChI=1S/C14H26N2O3/c1-2-3-6-11-7-4-8-12(11)16-14(19)15-10-5-9-13(17)18/h11-12H,2-10H2,1H3,(H,17,18)(H2,15,16,19). The molecule has 1 rings (SSSR count). The number of carbonyl (C=O) groups is 2. The molecule has 0 aromatic rings. The molecule has 1 fully saturated rings. The van der Waals surface area contributed by atoms with Crippen LogP contribution in [-0.2, 0) is 4.79 Å². The predicted octanol–water partition coefficient (Wildman–Crippen LogP) is 2.51. The molecule has 0 aromatic carbocycles. The van der Waals surface area contributed by atoms with Gasteiger partial charge in [-0.2, -0.15) is 0 Å². The van der Waals surface area contributed by atoms with Gasteiger partial charge in [0.05, 0.1) is 0 Å². The van der Waals surface area contributed by atoms with E-state index in [1.54, 1.807) is 0 Å². The normalized spacial score (nSPS) is 22.2. The van der Waals surface area contributed by atoms with Crippen molar-refractivity contribution in [3.8, 4) is 0 Å². The molecule has 0 spiro atoms. The van der Waals surface area contributed by atoms with Gasteiger partial charge in [0.1, 0.15) is 0 Å². The summed E-state index contributed by atoms with van der Waals surface area (Å²) in [5.74, 6) is -0.206. The molecule has 1 aliphatic carbocycles. The summed E-state index contributed by atoms with van der Waals surface area (Å²) in [7, 11) is 0. The van der Waals surface area contributed by atoms with Gasteiger partial charge in [0.25, 0.3) is 0 Å². The maximum absolute atomic E-state index is 11.7. The Hall–Kier alpha value is -1.26. The minimum Gasteiger partial charge on any atom is -0.481 e. The highest BCUT2D eigenvalue weighted by atomic mass is 16.4. The van der Waals surface area contributed by atoms with Crippen LogP contribution in [0.4, 0.5) is 4.79 Å². The Labute approximate surface area is 115 Å². The van der Waals surface area contributed by atoms with Crippen LogP contribution in [0.15, 0.2) is 0 Å². The molecule has 2 amide bonds. The number of carboxylic acid groups (broad SMARTS) is 1. The minimum absolute atomic E-state index is 0.100.